The van der Waals surface area contributed by atoms with Crippen molar-refractivity contribution >= 4 is 5.97 Å². The Morgan fingerprint density at radius 2 is 1.70 bits per heavy atom. The summed E-state index contributed by atoms with van der Waals surface area (Å²) in [5, 5.41) is 9.56. The van der Waals surface area contributed by atoms with Crippen molar-refractivity contribution in [3.05, 3.63) is 35.9 Å². The second-order valence-corrected chi connectivity index (χ2v) is 5.10. The van der Waals surface area contributed by atoms with E-state index < -0.39 is 36.7 Å². The highest BCUT2D eigenvalue weighted by Crippen LogP contribution is 2.28. The predicted octanol–water partition coefficient (Wildman–Crippen LogP) is 0.606. The van der Waals surface area contributed by atoms with Crippen LogP contribution in [-0.4, -0.2) is 69.7 Å². The SMILES string of the molecule is CO[C@H]1O[C@H](CO)[C@@H](OC(=O)c2ccccc2)[C@H](OC)[C@H]1OC. The lowest BCUT2D eigenvalue weighted by atomic mass is 9.98. The Morgan fingerprint density at radius 3 is 2.22 bits per heavy atom. The topological polar surface area (TPSA) is 83.5 Å². The lowest BCUT2D eigenvalue weighted by molar-refractivity contribution is -0.302. The first-order chi connectivity index (χ1) is 11.2. The minimum Gasteiger partial charge on any atom is -0.453 e. The quantitative estimate of drug-likeness (QED) is 0.767. The van der Waals surface area contributed by atoms with Gasteiger partial charge in [-0.2, -0.15) is 0 Å². The molecule has 1 aromatic rings. The van der Waals surface area contributed by atoms with Crippen LogP contribution in [-0.2, 0) is 23.7 Å². The van der Waals surface area contributed by atoms with Crippen LogP contribution in [0.25, 0.3) is 0 Å². The van der Waals surface area contributed by atoms with Crippen LogP contribution in [0.3, 0.4) is 0 Å². The van der Waals surface area contributed by atoms with E-state index in [4.69, 9.17) is 23.7 Å². The summed E-state index contributed by atoms with van der Waals surface area (Å²) in [5.41, 5.74) is 0.405. The fourth-order valence-electron chi connectivity index (χ4n) is 2.64. The Morgan fingerprint density at radius 1 is 1.04 bits per heavy atom. The van der Waals surface area contributed by atoms with Crippen molar-refractivity contribution < 1.29 is 33.6 Å². The number of carbonyl (C=O) groups excluding carboxylic acids is 1. The minimum atomic E-state index is -0.825. The zero-order chi connectivity index (χ0) is 16.8. The largest absolute Gasteiger partial charge is 0.453 e. The first-order valence-electron chi connectivity index (χ1n) is 7.27. The van der Waals surface area contributed by atoms with Crippen LogP contribution in [0.5, 0.6) is 0 Å². The first kappa shape index (κ1) is 17.8. The maximum atomic E-state index is 12.3. The molecule has 1 aliphatic heterocycles. The van der Waals surface area contributed by atoms with Gasteiger partial charge in [0.2, 0.25) is 0 Å². The molecular weight excluding hydrogens is 304 g/mol. The summed E-state index contributed by atoms with van der Waals surface area (Å²) >= 11 is 0. The summed E-state index contributed by atoms with van der Waals surface area (Å²) in [6, 6.07) is 8.58. The monoisotopic (exact) mass is 326 g/mol. The molecule has 1 aromatic carbocycles. The van der Waals surface area contributed by atoms with Gasteiger partial charge in [0, 0.05) is 21.3 Å². The molecule has 2 rings (SSSR count). The number of hydrogen-bond acceptors (Lipinski definition) is 7. The van der Waals surface area contributed by atoms with Crippen molar-refractivity contribution in [3.63, 3.8) is 0 Å². The van der Waals surface area contributed by atoms with Crippen LogP contribution < -0.4 is 0 Å². The van der Waals surface area contributed by atoms with Crippen molar-refractivity contribution in [2.24, 2.45) is 0 Å². The van der Waals surface area contributed by atoms with Gasteiger partial charge in [-0.1, -0.05) is 18.2 Å². The van der Waals surface area contributed by atoms with Crippen LogP contribution in [0.4, 0.5) is 0 Å². The molecule has 5 atom stereocenters. The van der Waals surface area contributed by atoms with Gasteiger partial charge >= 0.3 is 5.97 Å². The van der Waals surface area contributed by atoms with E-state index in [0.29, 0.717) is 5.56 Å². The molecule has 7 nitrogen and oxygen atoms in total. The Kier molecular flexibility index (Phi) is 6.49. The van der Waals surface area contributed by atoms with Crippen LogP contribution >= 0.6 is 0 Å². The third-order valence-electron chi connectivity index (χ3n) is 3.80. The molecular formula is C16H22O7. The van der Waals surface area contributed by atoms with E-state index in [1.54, 1.807) is 30.3 Å². The smallest absolute Gasteiger partial charge is 0.338 e. The molecule has 1 aliphatic rings. The van der Waals surface area contributed by atoms with Crippen LogP contribution in [0.2, 0.25) is 0 Å². The van der Waals surface area contributed by atoms with Gasteiger partial charge in [0.25, 0.3) is 0 Å². The lowest BCUT2D eigenvalue weighted by Gasteiger charge is -2.43. The highest BCUT2D eigenvalue weighted by molar-refractivity contribution is 5.89. The lowest BCUT2D eigenvalue weighted by Crippen LogP contribution is -2.61. The zero-order valence-electron chi connectivity index (χ0n) is 13.4. The van der Waals surface area contributed by atoms with Gasteiger partial charge in [0.15, 0.2) is 12.4 Å². The van der Waals surface area contributed by atoms with Crippen LogP contribution in [0.1, 0.15) is 10.4 Å². The highest BCUT2D eigenvalue weighted by atomic mass is 16.7. The molecule has 0 bridgehead atoms. The molecule has 0 aromatic heterocycles. The third-order valence-corrected chi connectivity index (χ3v) is 3.80. The summed E-state index contributed by atoms with van der Waals surface area (Å²) in [7, 11) is 4.43. The number of esters is 1. The molecule has 0 aliphatic carbocycles. The molecule has 0 unspecified atom stereocenters. The standard InChI is InChI=1S/C16H22O7/c1-19-13-12(23-15(18)10-7-5-4-6-8-10)11(9-17)22-16(21-3)14(13)20-2/h4-8,11-14,16-17H,9H2,1-3H3/t11-,12-,13+,14-,16+/m1/s1. The Balaban J connectivity index is 2.20. The molecule has 7 heteroatoms. The Labute approximate surface area is 135 Å². The summed E-state index contributed by atoms with van der Waals surface area (Å²) in [6.07, 6.45) is -3.56. The number of methoxy groups -OCH3 is 3. The molecule has 1 heterocycles. The van der Waals surface area contributed by atoms with Gasteiger partial charge < -0.3 is 28.8 Å². The van der Waals surface area contributed by atoms with E-state index in [-0.39, 0.29) is 6.61 Å². The average molecular weight is 326 g/mol. The zero-order valence-corrected chi connectivity index (χ0v) is 13.4. The fraction of sp³-hybridized carbons (Fsp3) is 0.562. The average Bonchev–Trinajstić information content (AvgIpc) is 2.61. The third kappa shape index (κ3) is 3.88. The number of benzene rings is 1. The molecule has 0 saturated carbocycles. The normalized spacial score (nSPS) is 30.9. The molecule has 0 radical (unpaired) electrons. The number of aliphatic hydroxyl groups excluding tert-OH is 1. The van der Waals surface area contributed by atoms with Crippen molar-refractivity contribution in [2.75, 3.05) is 27.9 Å². The van der Waals surface area contributed by atoms with E-state index in [2.05, 4.69) is 0 Å². The summed E-state index contributed by atoms with van der Waals surface area (Å²) in [4.78, 5) is 12.3. The number of carbonyl (C=O) groups is 1. The van der Waals surface area contributed by atoms with E-state index in [9.17, 15) is 9.90 Å². The molecule has 0 amide bonds. The summed E-state index contributed by atoms with van der Waals surface area (Å²) in [5.74, 6) is -0.523. The maximum absolute atomic E-state index is 12.3. The van der Waals surface area contributed by atoms with Gasteiger partial charge in [-0.25, -0.2) is 4.79 Å². The maximum Gasteiger partial charge on any atom is 0.338 e. The molecule has 1 N–H and O–H groups in total. The van der Waals surface area contributed by atoms with Gasteiger partial charge in [0.05, 0.1) is 12.2 Å². The summed E-state index contributed by atoms with van der Waals surface area (Å²) in [6.45, 7) is -0.344. The van der Waals surface area contributed by atoms with E-state index in [0.717, 1.165) is 0 Å². The Hall–Kier alpha value is -1.51. The van der Waals surface area contributed by atoms with Crippen molar-refractivity contribution in [1.82, 2.24) is 0 Å². The van der Waals surface area contributed by atoms with Crippen molar-refractivity contribution in [1.29, 1.82) is 0 Å². The molecule has 23 heavy (non-hydrogen) atoms. The Bertz CT molecular complexity index is 492. The van der Waals surface area contributed by atoms with E-state index >= 15 is 0 Å². The molecule has 1 fully saturated rings. The molecule has 128 valence electrons. The molecule has 1 saturated heterocycles. The first-order valence-corrected chi connectivity index (χ1v) is 7.27. The van der Waals surface area contributed by atoms with Gasteiger partial charge in [-0.15, -0.1) is 0 Å². The van der Waals surface area contributed by atoms with Crippen LogP contribution in [0.15, 0.2) is 30.3 Å². The number of ether oxygens (including phenoxy) is 5. The van der Waals surface area contributed by atoms with Crippen molar-refractivity contribution in [3.8, 4) is 0 Å². The number of hydrogen-bond donors (Lipinski definition) is 1. The van der Waals surface area contributed by atoms with E-state index in [1.807, 2.05) is 0 Å². The number of aliphatic hydroxyl groups is 1. The van der Waals surface area contributed by atoms with Crippen molar-refractivity contribution in [2.45, 2.75) is 30.7 Å². The molecule has 0 spiro atoms. The van der Waals surface area contributed by atoms with Gasteiger partial charge in [0.1, 0.15) is 18.3 Å². The van der Waals surface area contributed by atoms with E-state index in [1.165, 1.54) is 21.3 Å². The van der Waals surface area contributed by atoms with Gasteiger partial charge in [-0.3, -0.25) is 0 Å². The second-order valence-electron chi connectivity index (χ2n) is 5.10. The number of rotatable bonds is 6. The van der Waals surface area contributed by atoms with Crippen LogP contribution in [0, 0.1) is 0 Å². The fourth-order valence-corrected chi connectivity index (χ4v) is 2.64. The summed E-state index contributed by atoms with van der Waals surface area (Å²) < 4.78 is 27.2. The predicted molar refractivity (Wildman–Crippen MR) is 80.0 cm³/mol. The highest BCUT2D eigenvalue weighted by Gasteiger charge is 2.48. The second kappa shape index (κ2) is 8.37. The minimum absolute atomic E-state index is 0.344. The van der Waals surface area contributed by atoms with Gasteiger partial charge in [-0.05, 0) is 12.1 Å².